The van der Waals surface area contributed by atoms with Gasteiger partial charge in [0.15, 0.2) is 9.84 Å². The quantitative estimate of drug-likeness (QED) is 0.128. The van der Waals surface area contributed by atoms with Crippen LogP contribution in [0.1, 0.15) is 128 Å². The first-order valence-electron chi connectivity index (χ1n) is 48.0. The molecule has 0 saturated carbocycles. The highest BCUT2D eigenvalue weighted by molar-refractivity contribution is 7.90. The van der Waals surface area contributed by atoms with Crippen LogP contribution < -0.4 is 41.4 Å². The van der Waals surface area contributed by atoms with E-state index >= 15 is 0 Å². The zero-order valence-electron chi connectivity index (χ0n) is 83.0. The van der Waals surface area contributed by atoms with E-state index in [9.17, 15) is 23.3 Å². The van der Waals surface area contributed by atoms with Crippen LogP contribution in [0.4, 0.5) is 62.7 Å². The largest absolute Gasteiger partial charge is 0.382 e. The number of aromatic nitrogens is 22. The first kappa shape index (κ1) is 98.8. The molecule has 0 radical (unpaired) electrons. The predicted octanol–water partition coefficient (Wildman–Crippen LogP) is 21.6. The summed E-state index contributed by atoms with van der Waals surface area (Å²) in [4.78, 5) is 46.3. The SMILES string of the molecule is Cc1nnc2n1-c1ccc(-c3ccc(=O)[nH]c3)cc1N(c1ccc(Cl)cc1)C[C@H]2C.Cc1nnc2n1-c1ccc(-c3ccc(=O)n(C)c3)cc1N(c1ccc(Cl)cc1)C[C@H]2C.Cc1nnc2n1-c1ccc(-c3cn(C)nn3)cc1N(c1ccc(Cl)cc1)C[C@H]2C.Cc1nnc2n1-c1ccc(-c3cnc(N)cn3)cc1N(c1ccc(C#N)cc1)C[C@@H]2C.Cc1nnc2n1-c1ccc(S(C)(=O)=O)cc1N(c1ccc(Cl)cc1)C[C@H]2C. The molecule has 5 atom stereocenters. The van der Waals surface area contributed by atoms with Gasteiger partial charge in [-0.25, -0.2) is 13.4 Å². The second-order valence-corrected chi connectivity index (χ2v) is 41.2. The number of aromatic amines is 1. The molecule has 148 heavy (non-hydrogen) atoms. The van der Waals surface area contributed by atoms with Crippen LogP contribution in [0.25, 0.3) is 73.2 Å². The first-order chi connectivity index (χ1) is 71.2. The number of sulfone groups is 1. The van der Waals surface area contributed by atoms with Gasteiger partial charge in [-0.1, -0.05) is 111 Å². The van der Waals surface area contributed by atoms with Crippen LogP contribution in [0.15, 0.2) is 282 Å². The highest BCUT2D eigenvalue weighted by atomic mass is 35.5. The summed E-state index contributed by atoms with van der Waals surface area (Å²) in [5, 5.41) is 64.1. The topological polar surface area (TPSA) is 365 Å². The fourth-order valence-electron chi connectivity index (χ4n) is 19.5. The van der Waals surface area contributed by atoms with Gasteiger partial charge >= 0.3 is 0 Å². The third kappa shape index (κ3) is 19.7. The summed E-state index contributed by atoms with van der Waals surface area (Å²) in [6, 6.07) is 78.3. The van der Waals surface area contributed by atoms with Crippen molar-refractivity contribution in [3.8, 4) is 79.3 Å². The Labute approximate surface area is 873 Å². The van der Waals surface area contributed by atoms with E-state index < -0.39 is 9.84 Å². The van der Waals surface area contributed by atoms with Crippen LogP contribution in [0.3, 0.4) is 0 Å². The smallest absolute Gasteiger partial charge is 0.250 e. The molecule has 0 saturated heterocycles. The monoisotopic (exact) mass is 2060 g/mol. The molecule has 14 heterocycles. The minimum absolute atomic E-state index is 0.0279. The molecule has 0 aliphatic carbocycles. The molecule has 3 N–H and O–H groups in total. The number of anilines is 11. The number of H-pyrrole nitrogens is 1. The summed E-state index contributed by atoms with van der Waals surface area (Å²) in [5.74, 6) is 9.99. The van der Waals surface area contributed by atoms with Crippen LogP contribution in [0.5, 0.6) is 0 Å². The van der Waals surface area contributed by atoms with Crippen molar-refractivity contribution in [2.45, 2.75) is 104 Å². The van der Waals surface area contributed by atoms with Gasteiger partial charge in [0.2, 0.25) is 11.1 Å². The lowest BCUT2D eigenvalue weighted by atomic mass is 10.0. The van der Waals surface area contributed by atoms with Crippen LogP contribution >= 0.6 is 46.4 Å². The summed E-state index contributed by atoms with van der Waals surface area (Å²) in [6.07, 6.45) is 9.98. The Balaban J connectivity index is 0.000000112. The number of hydrogen-bond donors (Lipinski definition) is 2. The van der Waals surface area contributed by atoms with Crippen molar-refractivity contribution in [1.29, 1.82) is 5.26 Å². The number of nitrogens with one attached hydrogen (secondary N) is 1. The lowest BCUT2D eigenvalue weighted by Crippen LogP contribution is -2.22. The fraction of sp³-hybridized carbons (Fsp3) is 0.209. The van der Waals surface area contributed by atoms with Crippen molar-refractivity contribution in [1.82, 2.24) is 108 Å². The Kier molecular flexibility index (Phi) is 27.2. The normalized spacial score (nSPS) is 15.6. The number of hydrogen-bond acceptors (Lipinski definition) is 25. The average Bonchev–Trinajstić information content (AvgIpc) is 1.62. The number of nitriles is 1. The third-order valence-corrected chi connectivity index (χ3v) is 29.1. The molecule has 0 spiro atoms. The zero-order chi connectivity index (χ0) is 104. The van der Waals surface area contributed by atoms with Gasteiger partial charge in [-0.15, -0.1) is 56.1 Å². The van der Waals surface area contributed by atoms with E-state index in [0.29, 0.717) is 39.5 Å². The number of nitrogens with zero attached hydrogens (tertiary/aromatic N) is 27. The lowest BCUT2D eigenvalue weighted by Gasteiger charge is -2.27. The van der Waals surface area contributed by atoms with Gasteiger partial charge in [-0.3, -0.25) is 42.1 Å². The van der Waals surface area contributed by atoms with E-state index in [-0.39, 0.29) is 45.6 Å². The fourth-order valence-corrected chi connectivity index (χ4v) is 20.7. The van der Waals surface area contributed by atoms with Gasteiger partial charge in [0.05, 0.1) is 97.7 Å². The van der Waals surface area contributed by atoms with E-state index in [0.717, 1.165) is 213 Å². The van der Waals surface area contributed by atoms with E-state index in [1.807, 2.05) is 204 Å². The van der Waals surface area contributed by atoms with Gasteiger partial charge in [0.1, 0.15) is 69.8 Å². The van der Waals surface area contributed by atoms with E-state index in [4.69, 9.17) is 52.1 Å². The molecule has 38 heteroatoms. The third-order valence-electron chi connectivity index (χ3n) is 26.9. The van der Waals surface area contributed by atoms with Crippen molar-refractivity contribution in [3.05, 3.63) is 372 Å². The molecular weight excluding hydrogens is 1970 g/mol. The van der Waals surface area contributed by atoms with Gasteiger partial charge in [0, 0.05) is 167 Å². The van der Waals surface area contributed by atoms with E-state index in [1.54, 1.807) is 59.2 Å². The summed E-state index contributed by atoms with van der Waals surface area (Å²) >= 11 is 24.5. The molecule has 0 amide bonds. The van der Waals surface area contributed by atoms with Crippen LogP contribution in [-0.2, 0) is 23.9 Å². The molecule has 0 bridgehead atoms. The molecule has 5 aliphatic rings. The highest BCUT2D eigenvalue weighted by Crippen LogP contribution is 2.48. The average molecular weight is 2070 g/mol. The minimum Gasteiger partial charge on any atom is -0.382 e. The maximum Gasteiger partial charge on any atom is 0.250 e. The van der Waals surface area contributed by atoms with Crippen molar-refractivity contribution < 1.29 is 8.42 Å². The molecular formula is C110H101Cl4N29O4S. The number of nitrogens with two attached hydrogens (primary N) is 1. The van der Waals surface area contributed by atoms with Crippen LogP contribution in [-0.4, -0.2) is 156 Å². The number of rotatable bonds is 10. The van der Waals surface area contributed by atoms with Crippen molar-refractivity contribution in [2.75, 3.05) is 69.2 Å². The Bertz CT molecular complexity index is 8530. The van der Waals surface area contributed by atoms with Crippen LogP contribution in [0.2, 0.25) is 20.1 Å². The molecule has 9 aromatic heterocycles. The van der Waals surface area contributed by atoms with Gasteiger partial charge in [-0.05, 0) is 257 Å². The second-order valence-electron chi connectivity index (χ2n) is 37.5. The number of pyridine rings is 2. The second kappa shape index (κ2) is 40.8. The maximum atomic E-state index is 12.2. The summed E-state index contributed by atoms with van der Waals surface area (Å²) in [7, 11) is 0.301. The van der Waals surface area contributed by atoms with Crippen molar-refractivity contribution >= 4 is 119 Å². The predicted molar refractivity (Wildman–Crippen MR) is 580 cm³/mol. The standard InChI is InChI=1S/C24H22ClN5O.C23H20ClN5O.C23H20N8.C21H20ClN7.C19H19ClN4O2S/c1-15-13-29(20-8-6-19(25)7-9-20)22-12-17(18-5-11-23(31)28(3)14-18)4-10-21(22)30-16(2)26-27-24(15)30;1-14-13-28(19-7-5-18(24)6-8-19)21-11-16(17-4-10-22(30)25-12-17)3-9-20(21)29-15(2)26-27-23(14)29;1-14-13-30(18-6-3-16(10-24)4-7-18)21-9-17(19-11-27-22(25)12-26-19)5-8-20(21)31-15(2)28-29-23(14)31;1-13-11-28(17-7-5-16(22)6-8-17)20-10-15(18-12-27(3)26-24-18)4-9-19(20)29-14(2)23-25-21(13)29;1-12-11-23(15-6-4-14(20)5-7-15)18-10-16(27(3,25)26)8-9-17(18)24-13(2)21-22-19(12)24/h4-12,14-15H,13H2,1-3H3;3-12,14H,13H2,1-2H3,(H,25,30);3-9,11-12,14H,13H2,1-2H3,(H2,25,27);4-10,12-13H,11H2,1-3H3;4-10,12H,11H2,1-3H3/t15-;2*14-;13-;12-/m11011/s1. The van der Waals surface area contributed by atoms with Gasteiger partial charge < -0.3 is 39.8 Å². The first-order valence-corrected chi connectivity index (χ1v) is 51.4. The summed E-state index contributed by atoms with van der Waals surface area (Å²) in [6.45, 7) is 24.2. The molecule has 19 aromatic rings. The van der Waals surface area contributed by atoms with Gasteiger partial charge in [0.25, 0.3) is 0 Å². The molecule has 0 fully saturated rings. The highest BCUT2D eigenvalue weighted by Gasteiger charge is 2.37. The van der Waals surface area contributed by atoms with E-state index in [2.05, 4.69) is 226 Å². The Morgan fingerprint density at radius 2 is 0.669 bits per heavy atom. The maximum absolute atomic E-state index is 12.2. The summed E-state index contributed by atoms with van der Waals surface area (Å²) < 4.78 is 38.1. The van der Waals surface area contributed by atoms with Crippen molar-refractivity contribution in [2.24, 2.45) is 14.1 Å². The number of nitrogen functional groups attached to an aromatic ring is 1. The van der Waals surface area contributed by atoms with Crippen LogP contribution in [0, 0.1) is 45.9 Å². The van der Waals surface area contributed by atoms with Crippen molar-refractivity contribution in [3.63, 3.8) is 0 Å². The minimum atomic E-state index is -3.34. The number of aryl methyl sites for hydroxylation is 7. The van der Waals surface area contributed by atoms with E-state index in [1.165, 1.54) is 6.26 Å². The molecule has 0 unspecified atom stereocenters. The number of fused-ring (bicyclic) bond motifs is 15. The Hall–Kier alpha value is -16.6. The lowest BCUT2D eigenvalue weighted by molar-refractivity contribution is 0.602. The number of halogens is 4. The summed E-state index contributed by atoms with van der Waals surface area (Å²) in [5.41, 5.74) is 28.8. The molecule has 10 aromatic carbocycles. The molecule has 33 nitrogen and oxygen atoms in total. The number of benzene rings is 10. The Morgan fingerprint density at radius 3 is 0.986 bits per heavy atom. The molecule has 5 aliphatic heterocycles. The van der Waals surface area contributed by atoms with Gasteiger partial charge in [-0.2, -0.15) is 5.26 Å². The molecule has 24 rings (SSSR count). The molecule has 744 valence electrons. The Morgan fingerprint density at radius 1 is 0.351 bits per heavy atom. The zero-order valence-corrected chi connectivity index (χ0v) is 86.9.